The maximum Gasteiger partial charge on any atom is 0.236 e. The maximum atomic E-state index is 11.7. The second-order valence-corrected chi connectivity index (χ2v) is 4.37. The van der Waals surface area contributed by atoms with Crippen LogP contribution in [0.25, 0.3) is 0 Å². The third-order valence-electron chi connectivity index (χ3n) is 3.11. The van der Waals surface area contributed by atoms with E-state index in [-0.39, 0.29) is 11.9 Å². The van der Waals surface area contributed by atoms with Crippen LogP contribution in [0.15, 0.2) is 24.3 Å². The van der Waals surface area contributed by atoms with Crippen LogP contribution in [-0.2, 0) is 4.79 Å². The molecule has 1 rings (SSSR count). The molecule has 0 aliphatic rings. The number of rotatable bonds is 5. The second kappa shape index (κ2) is 6.40. The van der Waals surface area contributed by atoms with Crippen LogP contribution < -0.4 is 5.32 Å². The number of carbonyl (C=O) groups excluding carboxylic acids is 1. The number of aryl methyl sites for hydroxylation is 1. The summed E-state index contributed by atoms with van der Waals surface area (Å²) >= 11 is 0. The van der Waals surface area contributed by atoms with E-state index in [1.807, 2.05) is 26.1 Å². The molecule has 0 aliphatic carbocycles. The van der Waals surface area contributed by atoms with Gasteiger partial charge in [-0.15, -0.1) is 0 Å². The molecule has 0 bridgehead atoms. The predicted octanol–water partition coefficient (Wildman–Crippen LogP) is 2.12. The minimum absolute atomic E-state index is 0.132. The van der Waals surface area contributed by atoms with Crippen LogP contribution in [-0.4, -0.2) is 30.9 Å². The van der Waals surface area contributed by atoms with Gasteiger partial charge in [-0.25, -0.2) is 0 Å². The number of amides is 1. The normalized spacial score (nSPS) is 12.2. The Morgan fingerprint density at radius 2 is 2.06 bits per heavy atom. The second-order valence-electron chi connectivity index (χ2n) is 4.37. The van der Waals surface area contributed by atoms with E-state index in [1.54, 1.807) is 4.90 Å². The van der Waals surface area contributed by atoms with Crippen molar-refractivity contribution in [1.82, 2.24) is 10.2 Å². The average molecular weight is 234 g/mol. The van der Waals surface area contributed by atoms with E-state index < -0.39 is 0 Å². The molecule has 94 valence electrons. The fourth-order valence-electron chi connectivity index (χ4n) is 1.73. The Bertz CT molecular complexity index is 376. The number of hydrogen-bond acceptors (Lipinski definition) is 2. The molecule has 1 aromatic rings. The van der Waals surface area contributed by atoms with Gasteiger partial charge < -0.3 is 10.2 Å². The number of nitrogens with one attached hydrogen (secondary N) is 1. The number of likely N-dealkylation sites (N-methyl/N-ethyl adjacent to an activating group) is 1. The molecule has 0 heterocycles. The van der Waals surface area contributed by atoms with Crippen molar-refractivity contribution < 1.29 is 4.79 Å². The molecule has 0 aromatic heterocycles. The molecule has 1 amide bonds. The third-order valence-corrected chi connectivity index (χ3v) is 3.11. The van der Waals surface area contributed by atoms with Crippen LogP contribution >= 0.6 is 0 Å². The maximum absolute atomic E-state index is 11.7. The number of nitrogens with zero attached hydrogens (tertiary/aromatic N) is 1. The largest absolute Gasteiger partial charge is 0.345 e. The highest BCUT2D eigenvalue weighted by atomic mass is 16.2. The Labute approximate surface area is 104 Å². The van der Waals surface area contributed by atoms with Crippen LogP contribution in [0.5, 0.6) is 0 Å². The lowest BCUT2D eigenvalue weighted by molar-refractivity contribution is -0.128. The first-order valence-corrected chi connectivity index (χ1v) is 6.09. The van der Waals surface area contributed by atoms with Gasteiger partial charge in [-0.3, -0.25) is 4.79 Å². The summed E-state index contributed by atoms with van der Waals surface area (Å²) in [7, 11) is 1.82. The highest BCUT2D eigenvalue weighted by Gasteiger charge is 2.11. The highest BCUT2D eigenvalue weighted by Crippen LogP contribution is 2.16. The van der Waals surface area contributed by atoms with Crippen molar-refractivity contribution in [2.45, 2.75) is 26.8 Å². The van der Waals surface area contributed by atoms with Crippen molar-refractivity contribution in [3.8, 4) is 0 Å². The van der Waals surface area contributed by atoms with Gasteiger partial charge in [0.05, 0.1) is 6.54 Å². The standard InChI is InChI=1S/C14H22N2O/c1-5-16(4)14(17)10-15-12(3)13-9-7-6-8-11(13)2/h6-9,12,15H,5,10H2,1-4H3/t12-/m0/s1. The van der Waals surface area contributed by atoms with Gasteiger partial charge in [0.1, 0.15) is 0 Å². The molecule has 0 unspecified atom stereocenters. The van der Waals surface area contributed by atoms with Crippen molar-refractivity contribution in [2.24, 2.45) is 0 Å². The average Bonchev–Trinajstić information content (AvgIpc) is 2.35. The zero-order valence-corrected chi connectivity index (χ0v) is 11.2. The Kier molecular flexibility index (Phi) is 5.16. The summed E-state index contributed by atoms with van der Waals surface area (Å²) in [5, 5.41) is 3.26. The van der Waals surface area contributed by atoms with Gasteiger partial charge in [-0.1, -0.05) is 24.3 Å². The van der Waals surface area contributed by atoms with E-state index in [9.17, 15) is 4.79 Å². The molecule has 1 atom stereocenters. The van der Waals surface area contributed by atoms with E-state index in [1.165, 1.54) is 11.1 Å². The molecule has 0 saturated carbocycles. The van der Waals surface area contributed by atoms with Crippen LogP contribution in [0.1, 0.15) is 31.0 Å². The fourth-order valence-corrected chi connectivity index (χ4v) is 1.73. The lowest BCUT2D eigenvalue weighted by Gasteiger charge is -2.19. The molecule has 0 spiro atoms. The summed E-state index contributed by atoms with van der Waals surface area (Å²) in [5.41, 5.74) is 2.50. The fraction of sp³-hybridized carbons (Fsp3) is 0.500. The zero-order chi connectivity index (χ0) is 12.8. The Morgan fingerprint density at radius 1 is 1.41 bits per heavy atom. The van der Waals surface area contributed by atoms with E-state index in [4.69, 9.17) is 0 Å². The van der Waals surface area contributed by atoms with Gasteiger partial charge in [0.2, 0.25) is 5.91 Å². The number of hydrogen-bond donors (Lipinski definition) is 1. The quantitative estimate of drug-likeness (QED) is 0.846. The molecule has 0 fully saturated rings. The first kappa shape index (κ1) is 13.7. The third kappa shape index (κ3) is 3.86. The van der Waals surface area contributed by atoms with Gasteiger partial charge in [0, 0.05) is 19.6 Å². The minimum Gasteiger partial charge on any atom is -0.345 e. The molecule has 0 aliphatic heterocycles. The van der Waals surface area contributed by atoms with Crippen molar-refractivity contribution in [1.29, 1.82) is 0 Å². The Hall–Kier alpha value is -1.35. The summed E-state index contributed by atoms with van der Waals surface area (Å²) in [6.45, 7) is 7.29. The van der Waals surface area contributed by atoms with E-state index in [0.29, 0.717) is 6.54 Å². The lowest BCUT2D eigenvalue weighted by Crippen LogP contribution is -2.36. The molecule has 1 aromatic carbocycles. The molecular weight excluding hydrogens is 212 g/mol. The Balaban J connectivity index is 2.53. The summed E-state index contributed by atoms with van der Waals surface area (Å²) in [4.78, 5) is 13.4. The SMILES string of the molecule is CCN(C)C(=O)CN[C@@H](C)c1ccccc1C. The van der Waals surface area contributed by atoms with Gasteiger partial charge in [0.15, 0.2) is 0 Å². The van der Waals surface area contributed by atoms with Gasteiger partial charge in [-0.2, -0.15) is 0 Å². The molecule has 1 N–H and O–H groups in total. The highest BCUT2D eigenvalue weighted by molar-refractivity contribution is 5.77. The molecule has 17 heavy (non-hydrogen) atoms. The van der Waals surface area contributed by atoms with Gasteiger partial charge in [0.25, 0.3) is 0 Å². The Morgan fingerprint density at radius 3 is 2.65 bits per heavy atom. The molecule has 3 nitrogen and oxygen atoms in total. The summed E-state index contributed by atoms with van der Waals surface area (Å²) in [6, 6.07) is 8.45. The zero-order valence-electron chi connectivity index (χ0n) is 11.2. The van der Waals surface area contributed by atoms with Crippen molar-refractivity contribution in [3.05, 3.63) is 35.4 Å². The first-order valence-electron chi connectivity index (χ1n) is 6.09. The summed E-state index contributed by atoms with van der Waals surface area (Å²) in [6.07, 6.45) is 0. The molecule has 0 radical (unpaired) electrons. The molecular formula is C14H22N2O. The first-order chi connectivity index (χ1) is 8.06. The minimum atomic E-state index is 0.132. The number of benzene rings is 1. The molecule has 3 heteroatoms. The summed E-state index contributed by atoms with van der Waals surface area (Å²) < 4.78 is 0. The van der Waals surface area contributed by atoms with Gasteiger partial charge >= 0.3 is 0 Å². The number of carbonyl (C=O) groups is 1. The van der Waals surface area contributed by atoms with Crippen molar-refractivity contribution in [2.75, 3.05) is 20.1 Å². The predicted molar refractivity (Wildman–Crippen MR) is 70.9 cm³/mol. The smallest absolute Gasteiger partial charge is 0.236 e. The van der Waals surface area contributed by atoms with Gasteiger partial charge in [-0.05, 0) is 31.9 Å². The van der Waals surface area contributed by atoms with Crippen LogP contribution in [0, 0.1) is 6.92 Å². The van der Waals surface area contributed by atoms with E-state index >= 15 is 0 Å². The topological polar surface area (TPSA) is 32.3 Å². The van der Waals surface area contributed by atoms with Crippen molar-refractivity contribution >= 4 is 5.91 Å². The van der Waals surface area contributed by atoms with E-state index in [0.717, 1.165) is 6.54 Å². The van der Waals surface area contributed by atoms with Crippen LogP contribution in [0.4, 0.5) is 0 Å². The lowest BCUT2D eigenvalue weighted by atomic mass is 10.0. The van der Waals surface area contributed by atoms with Crippen molar-refractivity contribution in [3.63, 3.8) is 0 Å². The summed E-state index contributed by atoms with van der Waals surface area (Å²) in [5.74, 6) is 0.132. The van der Waals surface area contributed by atoms with Crippen LogP contribution in [0.3, 0.4) is 0 Å². The van der Waals surface area contributed by atoms with E-state index in [2.05, 4.69) is 31.3 Å². The molecule has 0 saturated heterocycles. The van der Waals surface area contributed by atoms with Crippen LogP contribution in [0.2, 0.25) is 0 Å². The monoisotopic (exact) mass is 234 g/mol.